The second kappa shape index (κ2) is 17.3. The fraction of sp³-hybridized carbons (Fsp3) is 0.200. The molecule has 2 heterocycles. The Morgan fingerprint density at radius 1 is 0.328 bits per heavy atom. The molecule has 67 heavy (non-hydrogen) atoms. The van der Waals surface area contributed by atoms with Crippen LogP contribution in [0.1, 0.15) is 99.9 Å². The van der Waals surface area contributed by atoms with Gasteiger partial charge in [-0.3, -0.25) is 0 Å². The van der Waals surface area contributed by atoms with Crippen LogP contribution in [0.3, 0.4) is 0 Å². The molecule has 0 radical (unpaired) electrons. The summed E-state index contributed by atoms with van der Waals surface area (Å²) in [6.07, 6.45) is 0. The summed E-state index contributed by atoms with van der Waals surface area (Å²) in [6, 6.07) is 65.5. The van der Waals surface area contributed by atoms with Crippen molar-refractivity contribution in [2.24, 2.45) is 0 Å². The molecule has 2 N–H and O–H groups in total. The summed E-state index contributed by atoms with van der Waals surface area (Å²) in [7, 11) is -4.95. The third-order valence-corrected chi connectivity index (χ3v) is 17.6. The Morgan fingerprint density at radius 2 is 0.582 bits per heavy atom. The average molecular weight is 919 g/mol. The maximum absolute atomic E-state index is 13.9. The highest BCUT2D eigenvalue weighted by atomic mass is 32.2. The number of nitrogens with one attached hydrogen (secondary N) is 2. The fourth-order valence-corrected chi connectivity index (χ4v) is 12.4. The normalized spacial score (nSPS) is 14.1. The topological polar surface area (TPSA) is 75.3 Å². The summed E-state index contributed by atoms with van der Waals surface area (Å²) in [5.41, 5.74) is 11.1. The zero-order valence-corrected chi connectivity index (χ0v) is 41.1. The van der Waals surface area contributed by atoms with Crippen LogP contribution in [0, 0.1) is 0 Å². The van der Waals surface area contributed by atoms with Crippen molar-refractivity contribution in [3.05, 3.63) is 239 Å². The van der Waals surface area contributed by atoms with Crippen molar-refractivity contribution in [2.75, 3.05) is 10.6 Å². The van der Waals surface area contributed by atoms with Gasteiger partial charge in [-0.1, -0.05) is 201 Å². The number of hydrogen-bond donors (Lipinski definition) is 2. The van der Waals surface area contributed by atoms with Crippen LogP contribution in [0.4, 0.5) is 22.7 Å². The van der Waals surface area contributed by atoms with Crippen molar-refractivity contribution in [3.8, 4) is 0 Å². The molecule has 2 aliphatic rings. The monoisotopic (exact) mass is 918 g/mol. The van der Waals surface area contributed by atoms with Crippen molar-refractivity contribution >= 4 is 43.4 Å². The van der Waals surface area contributed by atoms with Crippen LogP contribution < -0.4 is 10.6 Å². The van der Waals surface area contributed by atoms with E-state index in [1.54, 1.807) is 0 Å². The van der Waals surface area contributed by atoms with E-state index in [1.165, 1.54) is 11.1 Å². The van der Waals surface area contributed by atoms with Crippen LogP contribution in [0.25, 0.3) is 0 Å². The first kappa shape index (κ1) is 45.6. The van der Waals surface area contributed by atoms with Gasteiger partial charge < -0.3 is 10.6 Å². The highest BCUT2D eigenvalue weighted by Crippen LogP contribution is 2.46. The minimum Gasteiger partial charge on any atom is -0.354 e. The standard InChI is InChI=1S/C30H29NO2S.C30H29NOS/c1-29(2,21-11-7-5-8-12-21)23-15-17-25-27(19-23)34(32,33)28-20-24(16-18-26(28)31-25)30(3,4)22-13-9-6-10-14-22;1-29(2,21-11-7-5-8-12-21)23-15-17-25-27(19-23)33(32)28-20-24(16-18-26(28)31-25)30(3,4)22-13-9-6-10-14-22/h5-20,31H,1-4H3;5-20,31H,1-4H3. The first-order valence-corrected chi connectivity index (χ1v) is 25.5. The molecule has 0 aliphatic carbocycles. The van der Waals surface area contributed by atoms with Crippen LogP contribution in [-0.2, 0) is 42.3 Å². The number of hydrogen-bond acceptors (Lipinski definition) is 5. The molecule has 0 unspecified atom stereocenters. The number of benzene rings is 8. The molecule has 0 spiro atoms. The predicted octanol–water partition coefficient (Wildman–Crippen LogP) is 14.8. The summed E-state index contributed by atoms with van der Waals surface area (Å²) in [4.78, 5) is 2.35. The molecule has 5 nitrogen and oxygen atoms in total. The molecule has 8 aromatic carbocycles. The summed E-state index contributed by atoms with van der Waals surface area (Å²) < 4.78 is 41.6. The van der Waals surface area contributed by atoms with E-state index in [0.717, 1.165) is 54.5 Å². The first-order valence-electron chi connectivity index (χ1n) is 22.9. The summed E-state index contributed by atoms with van der Waals surface area (Å²) in [5.74, 6) is 0. The predicted molar refractivity (Wildman–Crippen MR) is 277 cm³/mol. The van der Waals surface area contributed by atoms with E-state index in [2.05, 4.69) is 175 Å². The van der Waals surface area contributed by atoms with Crippen LogP contribution in [0.15, 0.2) is 214 Å². The lowest BCUT2D eigenvalue weighted by molar-refractivity contribution is 0.592. The SMILES string of the molecule is CC(C)(c1ccccc1)c1ccc2c(c1)S(=O)(=O)c1cc(C(C)(C)c3ccccc3)ccc1N2.CC(C)(c1ccccc1)c1ccc2c(c1)S(=O)c1cc(C(C)(C)c3ccccc3)ccc1N2. The lowest BCUT2D eigenvalue weighted by Crippen LogP contribution is -2.22. The molecule has 0 bridgehead atoms. The van der Waals surface area contributed by atoms with Crippen molar-refractivity contribution in [1.29, 1.82) is 0 Å². The van der Waals surface area contributed by atoms with E-state index < -0.39 is 20.6 Å². The molecule has 8 aromatic rings. The average Bonchev–Trinajstić information content (AvgIpc) is 3.35. The molecule has 10 rings (SSSR count). The lowest BCUT2D eigenvalue weighted by Gasteiger charge is -2.30. The summed E-state index contributed by atoms with van der Waals surface area (Å²) in [5, 5.41) is 6.87. The van der Waals surface area contributed by atoms with E-state index in [9.17, 15) is 12.6 Å². The van der Waals surface area contributed by atoms with Gasteiger partial charge in [-0.2, -0.15) is 0 Å². The zero-order valence-electron chi connectivity index (χ0n) is 39.5. The third kappa shape index (κ3) is 8.34. The molecule has 0 saturated heterocycles. The molecule has 0 amide bonds. The molecule has 2 aliphatic heterocycles. The van der Waals surface area contributed by atoms with Crippen molar-refractivity contribution < 1.29 is 12.6 Å². The van der Waals surface area contributed by atoms with E-state index in [4.69, 9.17) is 0 Å². The molecule has 0 aromatic heterocycles. The Morgan fingerprint density at radius 3 is 0.881 bits per heavy atom. The molecule has 338 valence electrons. The first-order chi connectivity index (χ1) is 31.9. The molecular weight excluding hydrogens is 861 g/mol. The Hall–Kier alpha value is -6.54. The van der Waals surface area contributed by atoms with Gasteiger partial charge >= 0.3 is 0 Å². The minimum absolute atomic E-state index is 0.183. The van der Waals surface area contributed by atoms with E-state index >= 15 is 0 Å². The number of rotatable bonds is 8. The Kier molecular flexibility index (Phi) is 11.8. The van der Waals surface area contributed by atoms with Crippen molar-refractivity contribution in [1.82, 2.24) is 0 Å². The van der Waals surface area contributed by atoms with Crippen LogP contribution in [0.2, 0.25) is 0 Å². The summed E-state index contributed by atoms with van der Waals surface area (Å²) in [6.45, 7) is 17.4. The largest absolute Gasteiger partial charge is 0.354 e. The van der Waals surface area contributed by atoms with Crippen LogP contribution >= 0.6 is 0 Å². The van der Waals surface area contributed by atoms with Crippen LogP contribution in [-0.4, -0.2) is 12.6 Å². The van der Waals surface area contributed by atoms with E-state index in [0.29, 0.717) is 21.2 Å². The molecule has 0 fully saturated rings. The minimum atomic E-state index is -3.69. The van der Waals surface area contributed by atoms with E-state index in [1.807, 2.05) is 84.9 Å². The number of anilines is 4. The summed E-state index contributed by atoms with van der Waals surface area (Å²) >= 11 is 0. The highest BCUT2D eigenvalue weighted by molar-refractivity contribution is 7.92. The van der Waals surface area contributed by atoms with Crippen molar-refractivity contribution in [3.63, 3.8) is 0 Å². The molecular formula is C60H58N2O3S2. The smallest absolute Gasteiger partial charge is 0.210 e. The number of fused-ring (bicyclic) bond motifs is 4. The van der Waals surface area contributed by atoms with Gasteiger partial charge in [-0.25, -0.2) is 12.6 Å². The molecule has 0 atom stereocenters. The second-order valence-electron chi connectivity index (χ2n) is 19.8. The zero-order chi connectivity index (χ0) is 47.4. The Bertz CT molecular complexity index is 3040. The molecule has 7 heteroatoms. The van der Waals surface area contributed by atoms with Gasteiger partial charge in [0.2, 0.25) is 9.84 Å². The lowest BCUT2D eigenvalue weighted by atomic mass is 9.78. The second-order valence-corrected chi connectivity index (χ2v) is 23.1. The highest BCUT2D eigenvalue weighted by Gasteiger charge is 2.35. The quantitative estimate of drug-likeness (QED) is 0.159. The number of sulfone groups is 1. The van der Waals surface area contributed by atoms with Gasteiger partial charge in [0.1, 0.15) is 0 Å². The Balaban J connectivity index is 0.000000168. The van der Waals surface area contributed by atoms with Gasteiger partial charge in [0, 0.05) is 21.7 Å². The molecule has 0 saturated carbocycles. The van der Waals surface area contributed by atoms with E-state index in [-0.39, 0.29) is 21.7 Å². The van der Waals surface area contributed by atoms with Gasteiger partial charge in [0.15, 0.2) is 0 Å². The fourth-order valence-electron chi connectivity index (χ4n) is 9.42. The van der Waals surface area contributed by atoms with Crippen LogP contribution in [0.5, 0.6) is 0 Å². The maximum atomic E-state index is 13.9. The Labute approximate surface area is 399 Å². The maximum Gasteiger partial charge on any atom is 0.210 e. The van der Waals surface area contributed by atoms with Gasteiger partial charge in [-0.05, 0) is 93.0 Å². The van der Waals surface area contributed by atoms with Gasteiger partial charge in [0.25, 0.3) is 0 Å². The van der Waals surface area contributed by atoms with Gasteiger partial charge in [-0.15, -0.1) is 0 Å². The third-order valence-electron chi connectivity index (χ3n) is 14.3. The van der Waals surface area contributed by atoms with Gasteiger partial charge in [0.05, 0.1) is 53.1 Å². The van der Waals surface area contributed by atoms with Crippen molar-refractivity contribution in [2.45, 2.75) is 96.6 Å².